The number of nitrogens with one attached hydrogen (secondary N) is 1. The Morgan fingerprint density at radius 3 is 2.73 bits per heavy atom. The number of benzene rings is 2. The minimum absolute atomic E-state index is 0.245. The number of aromatic nitrogens is 4. The van der Waals surface area contributed by atoms with Crippen LogP contribution in [0.1, 0.15) is 17.3 Å². The zero-order valence-corrected chi connectivity index (χ0v) is 16.8. The van der Waals surface area contributed by atoms with Gasteiger partial charge >= 0.3 is 0 Å². The number of ether oxygens (including phenoxy) is 1. The van der Waals surface area contributed by atoms with Gasteiger partial charge in [-0.05, 0) is 42.8 Å². The fraction of sp³-hybridized carbons (Fsp3) is 0.182. The second-order valence-corrected chi connectivity index (χ2v) is 6.65. The number of amides is 1. The SMILES string of the molecule is CCn1cnc2c(-c3ccc(F)c(-c4ccc(C(=O)NC)cc4OC)c3)cnnc21. The van der Waals surface area contributed by atoms with Gasteiger partial charge in [0, 0.05) is 35.8 Å². The molecule has 4 rings (SSSR count). The van der Waals surface area contributed by atoms with Crippen LogP contribution >= 0.6 is 0 Å². The Bertz CT molecular complexity index is 1250. The number of methoxy groups -OCH3 is 1. The first-order valence-electron chi connectivity index (χ1n) is 9.44. The number of hydrogen-bond acceptors (Lipinski definition) is 5. The molecule has 0 radical (unpaired) electrons. The van der Waals surface area contributed by atoms with E-state index in [4.69, 9.17) is 4.74 Å². The lowest BCUT2D eigenvalue weighted by atomic mass is 9.97. The third kappa shape index (κ3) is 3.26. The van der Waals surface area contributed by atoms with Crippen molar-refractivity contribution < 1.29 is 13.9 Å². The van der Waals surface area contributed by atoms with Gasteiger partial charge in [0.1, 0.15) is 17.1 Å². The van der Waals surface area contributed by atoms with E-state index in [9.17, 15) is 9.18 Å². The molecule has 2 aromatic carbocycles. The summed E-state index contributed by atoms with van der Waals surface area (Å²) < 4.78 is 22.1. The second-order valence-electron chi connectivity index (χ2n) is 6.65. The van der Waals surface area contributed by atoms with Crippen LogP contribution in [0.25, 0.3) is 33.4 Å². The van der Waals surface area contributed by atoms with Crippen molar-refractivity contribution in [2.75, 3.05) is 14.2 Å². The van der Waals surface area contributed by atoms with E-state index in [0.29, 0.717) is 33.6 Å². The molecule has 4 aromatic rings. The van der Waals surface area contributed by atoms with Crippen molar-refractivity contribution in [3.63, 3.8) is 0 Å². The molecule has 8 heteroatoms. The van der Waals surface area contributed by atoms with Gasteiger partial charge in [-0.3, -0.25) is 4.79 Å². The monoisotopic (exact) mass is 405 g/mol. The van der Waals surface area contributed by atoms with Gasteiger partial charge in [-0.15, -0.1) is 5.10 Å². The minimum Gasteiger partial charge on any atom is -0.496 e. The molecule has 0 unspecified atom stereocenters. The summed E-state index contributed by atoms with van der Waals surface area (Å²) in [6, 6.07) is 9.73. The molecule has 0 aliphatic heterocycles. The quantitative estimate of drug-likeness (QED) is 0.548. The molecule has 0 fully saturated rings. The fourth-order valence-electron chi connectivity index (χ4n) is 3.41. The number of nitrogens with zero attached hydrogens (tertiary/aromatic N) is 4. The van der Waals surface area contributed by atoms with Gasteiger partial charge < -0.3 is 14.6 Å². The number of carbonyl (C=O) groups excluding carboxylic acids is 1. The van der Waals surface area contributed by atoms with E-state index >= 15 is 0 Å². The number of imidazole rings is 1. The Hall–Kier alpha value is -3.81. The van der Waals surface area contributed by atoms with E-state index in [1.807, 2.05) is 11.5 Å². The van der Waals surface area contributed by atoms with Crippen molar-refractivity contribution in [3.05, 3.63) is 60.3 Å². The maximum absolute atomic E-state index is 14.8. The molecular formula is C22H20FN5O2. The lowest BCUT2D eigenvalue weighted by molar-refractivity contribution is 0.0963. The number of fused-ring (bicyclic) bond motifs is 1. The van der Waals surface area contributed by atoms with Gasteiger partial charge in [0.15, 0.2) is 5.65 Å². The summed E-state index contributed by atoms with van der Waals surface area (Å²) in [6.45, 7) is 2.72. The highest BCUT2D eigenvalue weighted by Crippen LogP contribution is 2.36. The van der Waals surface area contributed by atoms with Crippen molar-refractivity contribution in [1.29, 1.82) is 0 Å². The van der Waals surface area contributed by atoms with Gasteiger partial charge in [0.25, 0.3) is 5.91 Å². The number of carbonyl (C=O) groups is 1. The average Bonchev–Trinajstić information content (AvgIpc) is 3.22. The Labute approximate surface area is 172 Å². The molecule has 2 aromatic heterocycles. The predicted molar refractivity (Wildman–Crippen MR) is 112 cm³/mol. The van der Waals surface area contributed by atoms with Crippen LogP contribution < -0.4 is 10.1 Å². The van der Waals surface area contributed by atoms with E-state index in [1.165, 1.54) is 13.2 Å². The van der Waals surface area contributed by atoms with Crippen molar-refractivity contribution >= 4 is 17.1 Å². The van der Waals surface area contributed by atoms with E-state index in [1.54, 1.807) is 49.9 Å². The Morgan fingerprint density at radius 1 is 1.17 bits per heavy atom. The maximum Gasteiger partial charge on any atom is 0.251 e. The number of aryl methyl sites for hydroxylation is 1. The largest absolute Gasteiger partial charge is 0.496 e. The predicted octanol–water partition coefficient (Wildman–Crippen LogP) is 3.69. The molecule has 152 valence electrons. The molecule has 7 nitrogen and oxygen atoms in total. The Morgan fingerprint density at radius 2 is 2.00 bits per heavy atom. The van der Waals surface area contributed by atoms with Crippen molar-refractivity contribution in [2.45, 2.75) is 13.5 Å². The first-order valence-corrected chi connectivity index (χ1v) is 9.44. The fourth-order valence-corrected chi connectivity index (χ4v) is 3.41. The van der Waals surface area contributed by atoms with E-state index in [-0.39, 0.29) is 5.91 Å². The molecule has 0 saturated heterocycles. The van der Waals surface area contributed by atoms with Crippen LogP contribution in [0.4, 0.5) is 4.39 Å². The molecule has 1 N–H and O–H groups in total. The number of halogens is 1. The van der Waals surface area contributed by atoms with Crippen LogP contribution in [0.15, 0.2) is 48.9 Å². The van der Waals surface area contributed by atoms with Crippen LogP contribution in [0.5, 0.6) is 5.75 Å². The molecule has 2 heterocycles. The smallest absolute Gasteiger partial charge is 0.251 e. The molecule has 30 heavy (non-hydrogen) atoms. The summed E-state index contributed by atoms with van der Waals surface area (Å²) in [5.41, 5.74) is 4.22. The zero-order chi connectivity index (χ0) is 21.3. The highest BCUT2D eigenvalue weighted by molar-refractivity contribution is 5.96. The Kier molecular flexibility index (Phi) is 5.14. The number of hydrogen-bond donors (Lipinski definition) is 1. The first kappa shape index (κ1) is 19.5. The molecule has 0 spiro atoms. The van der Waals surface area contributed by atoms with E-state index in [0.717, 1.165) is 17.7 Å². The summed E-state index contributed by atoms with van der Waals surface area (Å²) >= 11 is 0. The summed E-state index contributed by atoms with van der Waals surface area (Å²) in [4.78, 5) is 16.4. The third-order valence-electron chi connectivity index (χ3n) is 5.00. The Balaban J connectivity index is 1.86. The van der Waals surface area contributed by atoms with Gasteiger partial charge in [-0.1, -0.05) is 6.07 Å². The van der Waals surface area contributed by atoms with Gasteiger partial charge in [0.05, 0.1) is 19.6 Å². The molecule has 0 aliphatic rings. The standard InChI is InChI=1S/C22H20FN5O2/c1-4-28-12-25-20-17(11-26-27-21(20)28)13-6-8-18(23)16(9-13)15-7-5-14(22(29)24-2)10-19(15)30-3/h5-12H,4H2,1-3H3,(H,24,29). The van der Waals surface area contributed by atoms with E-state index in [2.05, 4.69) is 20.5 Å². The summed E-state index contributed by atoms with van der Waals surface area (Å²) in [7, 11) is 3.04. The van der Waals surface area contributed by atoms with Crippen LogP contribution in [-0.2, 0) is 6.54 Å². The van der Waals surface area contributed by atoms with Gasteiger partial charge in [0.2, 0.25) is 0 Å². The minimum atomic E-state index is -0.401. The van der Waals surface area contributed by atoms with Crippen molar-refractivity contribution in [3.8, 4) is 28.0 Å². The van der Waals surface area contributed by atoms with Crippen LogP contribution in [0.2, 0.25) is 0 Å². The molecule has 0 aliphatic carbocycles. The summed E-state index contributed by atoms with van der Waals surface area (Å²) in [5, 5.41) is 10.8. The van der Waals surface area contributed by atoms with Gasteiger partial charge in [-0.25, -0.2) is 9.37 Å². The molecule has 0 atom stereocenters. The molecule has 1 amide bonds. The zero-order valence-electron chi connectivity index (χ0n) is 16.8. The lowest BCUT2D eigenvalue weighted by Gasteiger charge is -2.13. The summed E-state index contributed by atoms with van der Waals surface area (Å²) in [6.07, 6.45) is 3.34. The van der Waals surface area contributed by atoms with Gasteiger partial charge in [-0.2, -0.15) is 5.10 Å². The van der Waals surface area contributed by atoms with Crippen molar-refractivity contribution in [1.82, 2.24) is 25.1 Å². The first-order chi connectivity index (χ1) is 14.6. The van der Waals surface area contributed by atoms with Crippen LogP contribution in [0, 0.1) is 5.82 Å². The van der Waals surface area contributed by atoms with E-state index < -0.39 is 5.82 Å². The molecular weight excluding hydrogens is 385 g/mol. The highest BCUT2D eigenvalue weighted by Gasteiger charge is 2.17. The third-order valence-corrected chi connectivity index (χ3v) is 5.00. The molecule has 0 saturated carbocycles. The van der Waals surface area contributed by atoms with Crippen LogP contribution in [-0.4, -0.2) is 39.8 Å². The van der Waals surface area contributed by atoms with Crippen LogP contribution in [0.3, 0.4) is 0 Å². The average molecular weight is 405 g/mol. The number of rotatable bonds is 5. The maximum atomic E-state index is 14.8. The van der Waals surface area contributed by atoms with Crippen molar-refractivity contribution in [2.24, 2.45) is 0 Å². The topological polar surface area (TPSA) is 81.9 Å². The second kappa shape index (κ2) is 7.90. The summed E-state index contributed by atoms with van der Waals surface area (Å²) in [5.74, 6) is -0.242. The normalized spacial score (nSPS) is 10.9. The lowest BCUT2D eigenvalue weighted by Crippen LogP contribution is -2.17. The highest BCUT2D eigenvalue weighted by atomic mass is 19.1. The molecule has 0 bridgehead atoms.